The number of carbonyl (C=O) groups excluding carboxylic acids is 3. The first-order chi connectivity index (χ1) is 16.0. The van der Waals surface area contributed by atoms with E-state index in [0.717, 1.165) is 12.3 Å². The van der Waals surface area contributed by atoms with Crippen LogP contribution in [0.5, 0.6) is 11.5 Å². The van der Waals surface area contributed by atoms with Gasteiger partial charge in [-0.3, -0.25) is 14.4 Å². The minimum absolute atomic E-state index is 0.0443. The Labute approximate surface area is 196 Å². The van der Waals surface area contributed by atoms with Crippen molar-refractivity contribution in [2.75, 3.05) is 11.9 Å². The number of phenols is 2. The van der Waals surface area contributed by atoms with E-state index in [1.165, 1.54) is 42.3 Å². The van der Waals surface area contributed by atoms with Crippen molar-refractivity contribution < 1.29 is 33.0 Å². The summed E-state index contributed by atoms with van der Waals surface area (Å²) in [6.45, 7) is 3.14. The lowest BCUT2D eigenvalue weighted by Gasteiger charge is -2.41. The average molecular weight is 490 g/mol. The molecule has 0 aliphatic carbocycles. The van der Waals surface area contributed by atoms with Crippen LogP contribution in [-0.4, -0.2) is 69.8 Å². The number of rotatable bonds is 8. The van der Waals surface area contributed by atoms with E-state index in [2.05, 4.69) is 20.8 Å². The van der Waals surface area contributed by atoms with Crippen molar-refractivity contribution in [1.82, 2.24) is 15.3 Å². The number of phenolic OH excluding ortho intramolecular Hbond substituents is 2. The van der Waals surface area contributed by atoms with Gasteiger partial charge in [0.15, 0.2) is 22.2 Å². The van der Waals surface area contributed by atoms with Gasteiger partial charge in [0.1, 0.15) is 10.4 Å². The molecule has 0 unspecified atom stereocenters. The highest BCUT2D eigenvalue weighted by molar-refractivity contribution is 7.75. The first-order valence-electron chi connectivity index (χ1n) is 10.1. The van der Waals surface area contributed by atoms with Crippen LogP contribution in [0.15, 0.2) is 41.6 Å². The highest BCUT2D eigenvalue weighted by atomic mass is 32.2. The Hall–Kier alpha value is -4.00. The number of hydrogen-bond donors (Lipinski definition) is 5. The number of hydrazone groups is 1. The van der Waals surface area contributed by atoms with Gasteiger partial charge in [0.2, 0.25) is 5.91 Å². The fraction of sp³-hybridized carbons (Fsp3) is 0.286. The number of carbonyl (C=O) groups is 3. The summed E-state index contributed by atoms with van der Waals surface area (Å²) in [5.74, 6) is -2.23. The number of thiol groups is 1. The van der Waals surface area contributed by atoms with Crippen LogP contribution >= 0.6 is 0 Å². The van der Waals surface area contributed by atoms with Crippen LogP contribution in [-0.2, 0) is 15.5 Å². The summed E-state index contributed by atoms with van der Waals surface area (Å²) >= 11 is 0. The molecule has 3 rings (SSSR count). The van der Waals surface area contributed by atoms with Crippen molar-refractivity contribution in [1.29, 1.82) is 0 Å². The highest BCUT2D eigenvalue weighted by Gasteiger charge is 2.39. The van der Waals surface area contributed by atoms with Crippen LogP contribution in [0, 0.1) is 0 Å². The monoisotopic (exact) mass is 489 g/mol. The number of amides is 3. The second-order valence-corrected chi connectivity index (χ2v) is 9.51. The Bertz CT molecular complexity index is 1220. The van der Waals surface area contributed by atoms with Crippen LogP contribution in [0.1, 0.15) is 41.1 Å². The molecule has 1 saturated heterocycles. The van der Waals surface area contributed by atoms with Gasteiger partial charge < -0.3 is 20.4 Å². The number of hydrogen-bond acceptors (Lipinski definition) is 9. The quantitative estimate of drug-likeness (QED) is 0.117. The number of benzene rings is 1. The second kappa shape index (κ2) is 9.87. The number of anilines is 1. The maximum atomic E-state index is 12.3. The van der Waals surface area contributed by atoms with Crippen LogP contribution in [0.2, 0.25) is 0 Å². The lowest BCUT2D eigenvalue weighted by atomic mass is 10.0. The van der Waals surface area contributed by atoms with E-state index in [0.29, 0.717) is 6.42 Å². The van der Waals surface area contributed by atoms with E-state index in [4.69, 9.17) is 0 Å². The van der Waals surface area contributed by atoms with E-state index in [1.807, 2.05) is 6.92 Å². The minimum Gasteiger partial charge on any atom is -0.504 e. The summed E-state index contributed by atoms with van der Waals surface area (Å²) in [5.41, 5.74) is 2.52. The Balaban J connectivity index is 1.60. The van der Waals surface area contributed by atoms with E-state index in [9.17, 15) is 33.0 Å². The van der Waals surface area contributed by atoms with E-state index in [-0.39, 0.29) is 41.2 Å². The first kappa shape index (κ1) is 24.6. The van der Waals surface area contributed by atoms with Gasteiger partial charge >= 0.3 is 0 Å². The number of aromatic hydroxyl groups is 2. The number of β-lactam (4-membered cyclic amide) rings is 1. The fourth-order valence-corrected chi connectivity index (χ4v) is 3.53. The van der Waals surface area contributed by atoms with Crippen molar-refractivity contribution in [3.05, 3.63) is 47.8 Å². The molecular formula is C21H23N5O7S. The van der Waals surface area contributed by atoms with Gasteiger partial charge in [-0.2, -0.15) is 5.10 Å². The Morgan fingerprint density at radius 2 is 1.97 bits per heavy atom. The van der Waals surface area contributed by atoms with Crippen LogP contribution in [0.4, 0.5) is 5.69 Å². The molecule has 180 valence electrons. The number of pyridine rings is 1. The van der Waals surface area contributed by atoms with Crippen LogP contribution in [0.3, 0.4) is 0 Å². The molecule has 4 N–H and O–H groups in total. The predicted octanol–water partition coefficient (Wildman–Crippen LogP) is 0.452. The Morgan fingerprint density at radius 3 is 2.53 bits per heavy atom. The molecule has 3 amide bonds. The zero-order valence-corrected chi connectivity index (χ0v) is 19.2. The molecule has 0 bridgehead atoms. The van der Waals surface area contributed by atoms with Gasteiger partial charge in [-0.25, -0.2) is 18.8 Å². The molecule has 0 radical (unpaired) electrons. The summed E-state index contributed by atoms with van der Waals surface area (Å²) in [5, 5.41) is 25.1. The number of nitrogens with zero attached hydrogens (tertiary/aromatic N) is 3. The lowest BCUT2D eigenvalue weighted by molar-refractivity contribution is -0.145. The smallest absolute Gasteiger partial charge is 0.289 e. The van der Waals surface area contributed by atoms with Crippen LogP contribution < -0.4 is 10.7 Å². The lowest BCUT2D eigenvalue weighted by Crippen LogP contribution is -2.57. The van der Waals surface area contributed by atoms with Crippen LogP contribution in [0.25, 0.3) is 0 Å². The fourth-order valence-electron chi connectivity index (χ4n) is 3.11. The minimum atomic E-state index is -2.99. The number of likely N-dealkylation sites (tertiary alicyclic amines) is 1. The summed E-state index contributed by atoms with van der Waals surface area (Å²) in [6.07, 6.45) is 2.65. The maximum absolute atomic E-state index is 12.3. The molecule has 1 aromatic heterocycles. The Morgan fingerprint density at radius 1 is 1.24 bits per heavy atom. The molecule has 1 aromatic carbocycles. The molecule has 0 saturated carbocycles. The van der Waals surface area contributed by atoms with Crippen molar-refractivity contribution in [3.8, 4) is 11.5 Å². The third kappa shape index (κ3) is 5.49. The van der Waals surface area contributed by atoms with Gasteiger partial charge in [-0.15, -0.1) is 0 Å². The molecule has 1 aliphatic rings. The zero-order valence-electron chi connectivity index (χ0n) is 18.3. The summed E-state index contributed by atoms with van der Waals surface area (Å²) in [7, 11) is -2.99. The summed E-state index contributed by atoms with van der Waals surface area (Å²) in [4.78, 5) is 41.5. The standard InChI is InChI=1S/C21H23N5O7S/c1-12-7-18(29)26(12)11-21(2,34(32)33)10-23-25-20(31)15-5-4-14(9-22-15)24-19(30)13-3-6-16(27)17(28)8-13/h3-6,8-10,12,27-28,34H,7,11H2,1-2H3,(H,24,30)(H,25,31)/b23-10+/t12-,21+/m1/s1. The normalized spacial score (nSPS) is 17.3. The molecule has 1 fully saturated rings. The Kier molecular flexibility index (Phi) is 7.15. The summed E-state index contributed by atoms with van der Waals surface area (Å²) < 4.78 is 22.0. The van der Waals surface area contributed by atoms with Crippen molar-refractivity contribution in [2.24, 2.45) is 5.10 Å². The molecule has 1 aliphatic heterocycles. The van der Waals surface area contributed by atoms with E-state index < -0.39 is 33.0 Å². The highest BCUT2D eigenvalue weighted by Crippen LogP contribution is 2.25. The van der Waals surface area contributed by atoms with E-state index >= 15 is 0 Å². The molecular weight excluding hydrogens is 466 g/mol. The topological polar surface area (TPSA) is 178 Å². The largest absolute Gasteiger partial charge is 0.504 e. The molecule has 2 heterocycles. The van der Waals surface area contributed by atoms with Gasteiger partial charge in [0, 0.05) is 30.8 Å². The van der Waals surface area contributed by atoms with E-state index in [1.54, 1.807) is 0 Å². The van der Waals surface area contributed by atoms with Gasteiger partial charge in [-0.05, 0) is 44.2 Å². The third-order valence-electron chi connectivity index (χ3n) is 5.23. The molecule has 13 heteroatoms. The van der Waals surface area contributed by atoms with Crippen molar-refractivity contribution in [3.63, 3.8) is 0 Å². The molecule has 2 atom stereocenters. The zero-order chi connectivity index (χ0) is 25.0. The summed E-state index contributed by atoms with van der Waals surface area (Å²) in [6, 6.07) is 6.26. The predicted molar refractivity (Wildman–Crippen MR) is 122 cm³/mol. The maximum Gasteiger partial charge on any atom is 0.289 e. The van der Waals surface area contributed by atoms with Crippen molar-refractivity contribution in [2.45, 2.75) is 31.1 Å². The van der Waals surface area contributed by atoms with Gasteiger partial charge in [0.25, 0.3) is 11.8 Å². The van der Waals surface area contributed by atoms with Gasteiger partial charge in [0.05, 0.1) is 11.9 Å². The average Bonchev–Trinajstić information content (AvgIpc) is 2.79. The molecule has 34 heavy (non-hydrogen) atoms. The van der Waals surface area contributed by atoms with Gasteiger partial charge in [-0.1, -0.05) is 0 Å². The first-order valence-corrected chi connectivity index (χ1v) is 11.3. The number of aromatic nitrogens is 1. The second-order valence-electron chi connectivity index (χ2n) is 7.98. The molecule has 12 nitrogen and oxygen atoms in total. The molecule has 2 aromatic rings. The molecule has 0 spiro atoms. The SMILES string of the molecule is C[C@@H]1CC(=O)N1C[C@](C)(/C=N/NC(=O)c1ccc(NC(=O)c2ccc(O)c(O)c2)cn1)[SH](=O)=O. The third-order valence-corrected chi connectivity index (χ3v) is 6.32. The van der Waals surface area contributed by atoms with Crippen molar-refractivity contribution >= 4 is 40.3 Å². The number of nitrogens with one attached hydrogen (secondary N) is 2.